The number of hydrogen-bond donors (Lipinski definition) is 1. The first-order valence-electron chi connectivity index (χ1n) is 5.67. The lowest BCUT2D eigenvalue weighted by Gasteiger charge is -2.16. The van der Waals surface area contributed by atoms with Crippen molar-refractivity contribution < 1.29 is 0 Å². The summed E-state index contributed by atoms with van der Waals surface area (Å²) in [6.07, 6.45) is 2.69. The van der Waals surface area contributed by atoms with E-state index < -0.39 is 0 Å². The first-order valence-corrected chi connectivity index (χ1v) is 6.84. The summed E-state index contributed by atoms with van der Waals surface area (Å²) in [5.74, 6) is 0. The molecule has 0 amide bonds. The molecule has 1 aromatic carbocycles. The van der Waals surface area contributed by atoms with E-state index >= 15 is 0 Å². The fraction of sp³-hybridized carbons (Fsp3) is 0.500. The molecule has 0 bridgehead atoms. The van der Waals surface area contributed by atoms with Crippen LogP contribution in [0.4, 0.5) is 5.69 Å². The second-order valence-corrected chi connectivity index (χ2v) is 5.42. The number of benzene rings is 1. The Morgan fingerprint density at radius 1 is 1.31 bits per heavy atom. The molecule has 4 heteroatoms. The molecule has 1 saturated heterocycles. The summed E-state index contributed by atoms with van der Waals surface area (Å²) in [5, 5.41) is 4.16. The Morgan fingerprint density at radius 3 is 2.81 bits per heavy atom. The molecule has 1 aromatic rings. The Hall–Kier alpha value is -0.250. The van der Waals surface area contributed by atoms with Gasteiger partial charge in [0.1, 0.15) is 0 Å². The second-order valence-electron chi connectivity index (χ2n) is 4.10. The van der Waals surface area contributed by atoms with Crippen LogP contribution in [0.25, 0.3) is 0 Å². The standard InChI is InChI=1S/C12H16BrClN2/c13-10-3-4-11(14)12(9-10)15-5-8-16-6-1-2-7-16/h3-4,9,15H,1-2,5-8H2. The summed E-state index contributed by atoms with van der Waals surface area (Å²) in [6.45, 7) is 4.54. The summed E-state index contributed by atoms with van der Waals surface area (Å²) in [4.78, 5) is 2.49. The minimum Gasteiger partial charge on any atom is -0.383 e. The molecule has 1 heterocycles. The van der Waals surface area contributed by atoms with Crippen molar-refractivity contribution in [1.82, 2.24) is 4.90 Å². The summed E-state index contributed by atoms with van der Waals surface area (Å²) >= 11 is 9.54. The quantitative estimate of drug-likeness (QED) is 0.914. The van der Waals surface area contributed by atoms with E-state index in [0.29, 0.717) is 0 Å². The van der Waals surface area contributed by atoms with Crippen molar-refractivity contribution in [3.63, 3.8) is 0 Å². The van der Waals surface area contributed by atoms with E-state index in [4.69, 9.17) is 11.6 Å². The SMILES string of the molecule is Clc1ccc(Br)cc1NCCN1CCCC1. The number of rotatable bonds is 4. The van der Waals surface area contributed by atoms with Crippen molar-refractivity contribution in [2.45, 2.75) is 12.8 Å². The normalized spacial score (nSPS) is 16.6. The summed E-state index contributed by atoms with van der Waals surface area (Å²) in [6, 6.07) is 5.88. The predicted molar refractivity (Wildman–Crippen MR) is 73.3 cm³/mol. The van der Waals surface area contributed by atoms with Gasteiger partial charge in [0.05, 0.1) is 10.7 Å². The zero-order valence-electron chi connectivity index (χ0n) is 9.18. The van der Waals surface area contributed by atoms with Gasteiger partial charge in [-0.25, -0.2) is 0 Å². The molecule has 2 nitrogen and oxygen atoms in total. The third-order valence-corrected chi connectivity index (χ3v) is 3.69. The Morgan fingerprint density at radius 2 is 2.06 bits per heavy atom. The van der Waals surface area contributed by atoms with Crippen LogP contribution in [-0.2, 0) is 0 Å². The largest absolute Gasteiger partial charge is 0.383 e. The topological polar surface area (TPSA) is 15.3 Å². The van der Waals surface area contributed by atoms with Gasteiger partial charge in [0, 0.05) is 17.6 Å². The molecule has 0 aromatic heterocycles. The van der Waals surface area contributed by atoms with Crippen LogP contribution in [0.1, 0.15) is 12.8 Å². The first kappa shape index (κ1) is 12.2. The molecular formula is C12H16BrClN2. The van der Waals surface area contributed by atoms with Gasteiger partial charge in [0.25, 0.3) is 0 Å². The van der Waals surface area contributed by atoms with E-state index in [1.54, 1.807) is 0 Å². The lowest BCUT2D eigenvalue weighted by Crippen LogP contribution is -2.25. The van der Waals surface area contributed by atoms with Crippen molar-refractivity contribution >= 4 is 33.2 Å². The van der Waals surface area contributed by atoms with Crippen LogP contribution in [0.2, 0.25) is 5.02 Å². The average Bonchev–Trinajstić information content (AvgIpc) is 2.76. The van der Waals surface area contributed by atoms with E-state index in [2.05, 4.69) is 26.1 Å². The van der Waals surface area contributed by atoms with Crippen molar-refractivity contribution in [2.24, 2.45) is 0 Å². The van der Waals surface area contributed by atoms with E-state index in [1.165, 1.54) is 25.9 Å². The van der Waals surface area contributed by atoms with Gasteiger partial charge in [-0.3, -0.25) is 0 Å². The second kappa shape index (κ2) is 5.89. The minimum atomic E-state index is 0.782. The van der Waals surface area contributed by atoms with Crippen LogP contribution in [0.5, 0.6) is 0 Å². The van der Waals surface area contributed by atoms with Crippen molar-refractivity contribution in [2.75, 3.05) is 31.5 Å². The molecule has 1 N–H and O–H groups in total. The molecular weight excluding hydrogens is 288 g/mol. The molecule has 0 atom stereocenters. The van der Waals surface area contributed by atoms with E-state index in [9.17, 15) is 0 Å². The van der Waals surface area contributed by atoms with Gasteiger partial charge in [-0.15, -0.1) is 0 Å². The lowest BCUT2D eigenvalue weighted by molar-refractivity contribution is 0.352. The predicted octanol–water partition coefficient (Wildman–Crippen LogP) is 3.61. The maximum Gasteiger partial charge on any atom is 0.0638 e. The molecule has 88 valence electrons. The van der Waals surface area contributed by atoms with Crippen LogP contribution in [0.15, 0.2) is 22.7 Å². The van der Waals surface area contributed by atoms with Gasteiger partial charge in [0.2, 0.25) is 0 Å². The number of likely N-dealkylation sites (tertiary alicyclic amines) is 1. The van der Waals surface area contributed by atoms with Crippen LogP contribution in [-0.4, -0.2) is 31.1 Å². The molecule has 1 aliphatic heterocycles. The molecule has 1 fully saturated rings. The molecule has 0 saturated carbocycles. The van der Waals surface area contributed by atoms with Gasteiger partial charge < -0.3 is 10.2 Å². The van der Waals surface area contributed by atoms with Gasteiger partial charge in [-0.2, -0.15) is 0 Å². The summed E-state index contributed by atoms with van der Waals surface area (Å²) < 4.78 is 1.06. The zero-order chi connectivity index (χ0) is 11.4. The fourth-order valence-electron chi connectivity index (χ4n) is 1.99. The first-order chi connectivity index (χ1) is 7.75. The highest BCUT2D eigenvalue weighted by molar-refractivity contribution is 9.10. The maximum atomic E-state index is 6.09. The highest BCUT2D eigenvalue weighted by Gasteiger charge is 2.10. The van der Waals surface area contributed by atoms with E-state index in [-0.39, 0.29) is 0 Å². The molecule has 16 heavy (non-hydrogen) atoms. The van der Waals surface area contributed by atoms with Gasteiger partial charge in [-0.05, 0) is 44.1 Å². The number of nitrogens with one attached hydrogen (secondary N) is 1. The monoisotopic (exact) mass is 302 g/mol. The minimum absolute atomic E-state index is 0.782. The third kappa shape index (κ3) is 3.37. The molecule has 2 rings (SSSR count). The van der Waals surface area contributed by atoms with Gasteiger partial charge in [-0.1, -0.05) is 27.5 Å². The molecule has 1 aliphatic rings. The maximum absolute atomic E-state index is 6.09. The van der Waals surface area contributed by atoms with Crippen molar-refractivity contribution in [1.29, 1.82) is 0 Å². The smallest absolute Gasteiger partial charge is 0.0638 e. The third-order valence-electron chi connectivity index (χ3n) is 2.87. The van der Waals surface area contributed by atoms with Crippen LogP contribution < -0.4 is 5.32 Å². The van der Waals surface area contributed by atoms with Gasteiger partial charge >= 0.3 is 0 Å². The average molecular weight is 304 g/mol. The van der Waals surface area contributed by atoms with Crippen LogP contribution in [0, 0.1) is 0 Å². The van der Waals surface area contributed by atoms with E-state index in [0.717, 1.165) is 28.3 Å². The number of nitrogens with zero attached hydrogens (tertiary/aromatic N) is 1. The molecule has 0 spiro atoms. The Labute approximate surface area is 110 Å². The lowest BCUT2D eigenvalue weighted by atomic mass is 10.3. The Bertz CT molecular complexity index is 351. The number of anilines is 1. The molecule has 0 radical (unpaired) electrons. The van der Waals surface area contributed by atoms with E-state index in [1.807, 2.05) is 18.2 Å². The zero-order valence-corrected chi connectivity index (χ0v) is 11.5. The Kier molecular flexibility index (Phi) is 4.50. The van der Waals surface area contributed by atoms with Gasteiger partial charge in [0.15, 0.2) is 0 Å². The summed E-state index contributed by atoms with van der Waals surface area (Å²) in [7, 11) is 0. The van der Waals surface area contributed by atoms with Crippen LogP contribution in [0.3, 0.4) is 0 Å². The molecule has 0 unspecified atom stereocenters. The Balaban J connectivity index is 1.82. The highest BCUT2D eigenvalue weighted by Crippen LogP contribution is 2.25. The fourth-order valence-corrected chi connectivity index (χ4v) is 2.53. The summed E-state index contributed by atoms with van der Waals surface area (Å²) in [5.41, 5.74) is 1.01. The van der Waals surface area contributed by atoms with Crippen molar-refractivity contribution in [3.05, 3.63) is 27.7 Å². The number of halogens is 2. The van der Waals surface area contributed by atoms with Crippen LogP contribution >= 0.6 is 27.5 Å². The van der Waals surface area contributed by atoms with Crippen molar-refractivity contribution in [3.8, 4) is 0 Å². The molecule has 0 aliphatic carbocycles. The highest BCUT2D eigenvalue weighted by atomic mass is 79.9. The number of hydrogen-bond acceptors (Lipinski definition) is 2.